The molecular weight excluding hydrogens is 370 g/mol. The van der Waals surface area contributed by atoms with Gasteiger partial charge in [-0.05, 0) is 52.7 Å². The van der Waals surface area contributed by atoms with Gasteiger partial charge in [0.05, 0.1) is 10.3 Å². The lowest BCUT2D eigenvalue weighted by atomic mass is 10.1. The number of hydrogen-bond acceptors (Lipinski definition) is 5. The Labute approximate surface area is 161 Å². The van der Waals surface area contributed by atoms with E-state index >= 15 is 0 Å². The molecule has 8 heteroatoms. The number of thioether (sulfide) groups is 1. The number of hydrogen-bond donors (Lipinski definition) is 1. The Balaban J connectivity index is 2.04. The van der Waals surface area contributed by atoms with E-state index in [1.54, 1.807) is 16.4 Å². The molecule has 0 aromatic carbocycles. The molecule has 146 valence electrons. The minimum absolute atomic E-state index is 0.0643. The van der Waals surface area contributed by atoms with Crippen molar-refractivity contribution in [2.75, 3.05) is 13.1 Å². The van der Waals surface area contributed by atoms with Crippen molar-refractivity contribution < 1.29 is 13.2 Å². The Morgan fingerprint density at radius 2 is 1.81 bits per heavy atom. The van der Waals surface area contributed by atoms with Gasteiger partial charge in [-0.15, -0.1) is 0 Å². The zero-order valence-electron chi connectivity index (χ0n) is 16.0. The number of rotatable bonds is 5. The molecule has 1 N–H and O–H groups in total. The van der Waals surface area contributed by atoms with E-state index < -0.39 is 10.0 Å². The highest BCUT2D eigenvalue weighted by Gasteiger charge is 2.26. The maximum absolute atomic E-state index is 12.8. The molecule has 0 spiro atoms. The van der Waals surface area contributed by atoms with Crippen molar-refractivity contribution in [1.29, 1.82) is 0 Å². The first-order valence-electron chi connectivity index (χ1n) is 9.04. The van der Waals surface area contributed by atoms with E-state index in [0.717, 1.165) is 25.7 Å². The van der Waals surface area contributed by atoms with Crippen molar-refractivity contribution in [3.63, 3.8) is 0 Å². The second-order valence-electron chi connectivity index (χ2n) is 7.65. The van der Waals surface area contributed by atoms with Crippen LogP contribution in [0.2, 0.25) is 0 Å². The molecule has 26 heavy (non-hydrogen) atoms. The average Bonchev–Trinajstić information content (AvgIpc) is 2.83. The summed E-state index contributed by atoms with van der Waals surface area (Å²) in [6, 6.07) is 3.26. The summed E-state index contributed by atoms with van der Waals surface area (Å²) in [5.41, 5.74) is -0.287. The highest BCUT2D eigenvalue weighted by molar-refractivity contribution is 8.00. The maximum Gasteiger partial charge on any atom is 0.244 e. The van der Waals surface area contributed by atoms with E-state index in [9.17, 15) is 13.2 Å². The van der Waals surface area contributed by atoms with Gasteiger partial charge in [0.2, 0.25) is 15.9 Å². The van der Waals surface area contributed by atoms with E-state index in [4.69, 9.17) is 0 Å². The molecule has 1 saturated heterocycles. The zero-order valence-corrected chi connectivity index (χ0v) is 17.6. The van der Waals surface area contributed by atoms with Crippen molar-refractivity contribution in [2.45, 2.75) is 74.1 Å². The van der Waals surface area contributed by atoms with Gasteiger partial charge in [-0.3, -0.25) is 4.79 Å². The van der Waals surface area contributed by atoms with E-state index in [1.807, 2.05) is 27.7 Å². The van der Waals surface area contributed by atoms with Crippen LogP contribution >= 0.6 is 11.8 Å². The second-order valence-corrected chi connectivity index (χ2v) is 10.9. The number of nitrogens with one attached hydrogen (secondary N) is 1. The van der Waals surface area contributed by atoms with Crippen molar-refractivity contribution >= 4 is 27.7 Å². The van der Waals surface area contributed by atoms with E-state index in [0.29, 0.717) is 18.1 Å². The number of pyridine rings is 1. The molecule has 0 bridgehead atoms. The van der Waals surface area contributed by atoms with Gasteiger partial charge in [0.15, 0.2) is 0 Å². The Bertz CT molecular complexity index is 704. The topological polar surface area (TPSA) is 79.4 Å². The van der Waals surface area contributed by atoms with Crippen molar-refractivity contribution in [2.24, 2.45) is 0 Å². The Kier molecular flexibility index (Phi) is 7.10. The van der Waals surface area contributed by atoms with E-state index in [1.165, 1.54) is 18.0 Å². The third kappa shape index (κ3) is 5.96. The fourth-order valence-electron chi connectivity index (χ4n) is 2.73. The van der Waals surface area contributed by atoms with Crippen LogP contribution in [0.25, 0.3) is 0 Å². The quantitative estimate of drug-likeness (QED) is 0.770. The molecule has 1 unspecified atom stereocenters. The first-order chi connectivity index (χ1) is 12.1. The molecule has 1 amide bonds. The molecule has 1 aromatic heterocycles. The fourth-order valence-corrected chi connectivity index (χ4v) is 4.98. The minimum Gasteiger partial charge on any atom is -0.351 e. The van der Waals surface area contributed by atoms with Crippen LogP contribution in [0.4, 0.5) is 0 Å². The van der Waals surface area contributed by atoms with Gasteiger partial charge >= 0.3 is 0 Å². The van der Waals surface area contributed by atoms with Crippen LogP contribution in [-0.4, -0.2) is 47.5 Å². The van der Waals surface area contributed by atoms with Crippen LogP contribution in [0.5, 0.6) is 0 Å². The standard InChI is InChI=1S/C18H29N3O3S2/c1-14(17(22)20-18(2,3)4)25-16-10-9-15(13-19-16)26(23,24)21-11-7-5-6-8-12-21/h9-10,13-14H,5-8,11-12H2,1-4H3,(H,20,22). The number of aromatic nitrogens is 1. The first kappa shape index (κ1) is 21.2. The number of carbonyl (C=O) groups excluding carboxylic acids is 1. The number of carbonyl (C=O) groups is 1. The largest absolute Gasteiger partial charge is 0.351 e. The molecular formula is C18H29N3O3S2. The lowest BCUT2D eigenvalue weighted by molar-refractivity contribution is -0.121. The molecule has 0 saturated carbocycles. The number of nitrogens with zero attached hydrogens (tertiary/aromatic N) is 2. The number of amides is 1. The molecule has 1 aliphatic heterocycles. The molecule has 1 atom stereocenters. The van der Waals surface area contributed by atoms with Crippen LogP contribution in [0, 0.1) is 0 Å². The van der Waals surface area contributed by atoms with E-state index in [2.05, 4.69) is 10.3 Å². The predicted octanol–water partition coefficient (Wildman–Crippen LogP) is 3.04. The predicted molar refractivity (Wildman–Crippen MR) is 105 cm³/mol. The Hall–Kier alpha value is -1.12. The van der Waals surface area contributed by atoms with Crippen LogP contribution < -0.4 is 5.32 Å². The summed E-state index contributed by atoms with van der Waals surface area (Å²) < 4.78 is 27.1. The Morgan fingerprint density at radius 3 is 2.31 bits per heavy atom. The molecule has 2 heterocycles. The lowest BCUT2D eigenvalue weighted by Crippen LogP contribution is -2.44. The van der Waals surface area contributed by atoms with Gasteiger partial charge < -0.3 is 5.32 Å². The fraction of sp³-hybridized carbons (Fsp3) is 0.667. The average molecular weight is 400 g/mol. The third-order valence-electron chi connectivity index (χ3n) is 4.08. The zero-order chi connectivity index (χ0) is 19.4. The van der Waals surface area contributed by atoms with Crippen molar-refractivity contribution in [1.82, 2.24) is 14.6 Å². The summed E-state index contributed by atoms with van der Waals surface area (Å²) in [6.45, 7) is 8.76. The Morgan fingerprint density at radius 1 is 1.19 bits per heavy atom. The molecule has 1 aromatic rings. The normalized spacial score (nSPS) is 18.2. The summed E-state index contributed by atoms with van der Waals surface area (Å²) in [5.74, 6) is -0.0643. The van der Waals surface area contributed by atoms with Crippen LogP contribution in [-0.2, 0) is 14.8 Å². The molecule has 0 radical (unpaired) electrons. The highest BCUT2D eigenvalue weighted by atomic mass is 32.2. The van der Waals surface area contributed by atoms with Gasteiger partial charge in [-0.2, -0.15) is 4.31 Å². The SMILES string of the molecule is CC(Sc1ccc(S(=O)(=O)N2CCCCCC2)cn1)C(=O)NC(C)(C)C. The molecule has 6 nitrogen and oxygen atoms in total. The maximum atomic E-state index is 12.8. The highest BCUT2D eigenvalue weighted by Crippen LogP contribution is 2.25. The second kappa shape index (κ2) is 8.71. The number of sulfonamides is 1. The first-order valence-corrected chi connectivity index (χ1v) is 11.4. The third-order valence-corrected chi connectivity index (χ3v) is 7.01. The molecule has 0 aliphatic carbocycles. The van der Waals surface area contributed by atoms with Crippen molar-refractivity contribution in [3.05, 3.63) is 18.3 Å². The summed E-state index contributed by atoms with van der Waals surface area (Å²) in [4.78, 5) is 16.6. The van der Waals surface area contributed by atoms with Gasteiger partial charge in [0.25, 0.3) is 0 Å². The van der Waals surface area contributed by atoms with E-state index in [-0.39, 0.29) is 21.6 Å². The van der Waals surface area contributed by atoms with Gasteiger partial charge in [0, 0.05) is 24.8 Å². The van der Waals surface area contributed by atoms with Crippen molar-refractivity contribution in [3.8, 4) is 0 Å². The summed E-state index contributed by atoms with van der Waals surface area (Å²) in [7, 11) is -3.49. The monoisotopic (exact) mass is 399 g/mol. The summed E-state index contributed by atoms with van der Waals surface area (Å²) >= 11 is 1.32. The molecule has 2 rings (SSSR count). The molecule has 1 aliphatic rings. The van der Waals surface area contributed by atoms with Gasteiger partial charge in [0.1, 0.15) is 4.90 Å². The van der Waals surface area contributed by atoms with Gasteiger partial charge in [-0.25, -0.2) is 13.4 Å². The summed E-state index contributed by atoms with van der Waals surface area (Å²) in [6.07, 6.45) is 5.36. The smallest absolute Gasteiger partial charge is 0.244 e. The van der Waals surface area contributed by atoms with Gasteiger partial charge in [-0.1, -0.05) is 24.6 Å². The molecule has 1 fully saturated rings. The lowest BCUT2D eigenvalue weighted by Gasteiger charge is -2.23. The minimum atomic E-state index is -3.49. The van der Waals surface area contributed by atoms with Crippen LogP contribution in [0.3, 0.4) is 0 Å². The summed E-state index contributed by atoms with van der Waals surface area (Å²) in [5, 5.41) is 3.26. The van der Waals surface area contributed by atoms with Crippen LogP contribution in [0.15, 0.2) is 28.3 Å². The van der Waals surface area contributed by atoms with Crippen LogP contribution in [0.1, 0.15) is 53.4 Å².